The molecule has 0 radical (unpaired) electrons. The molecule has 0 amide bonds. The molecule has 126 valence electrons. The van der Waals surface area contributed by atoms with Crippen molar-refractivity contribution in [1.29, 1.82) is 0 Å². The summed E-state index contributed by atoms with van der Waals surface area (Å²) in [6, 6.07) is 0. The van der Waals surface area contributed by atoms with Crippen molar-refractivity contribution in [2.45, 2.75) is 25.5 Å². The number of alkyl halides is 3. The van der Waals surface area contributed by atoms with Crippen LogP contribution in [0.1, 0.15) is 13.8 Å². The normalized spacial score (nSPS) is 23.2. The smallest absolute Gasteiger partial charge is 0.485 e. The van der Waals surface area contributed by atoms with Gasteiger partial charge in [0.05, 0.1) is 6.20 Å². The van der Waals surface area contributed by atoms with Gasteiger partial charge in [-0.05, 0) is 0 Å². The first-order valence-corrected chi connectivity index (χ1v) is 8.12. The Labute approximate surface area is 119 Å². The van der Waals surface area contributed by atoms with E-state index in [9.17, 15) is 25.5 Å². The van der Waals surface area contributed by atoms with E-state index in [4.69, 9.17) is 13.0 Å². The molecule has 7 nitrogen and oxygen atoms in total. The topological polar surface area (TPSA) is 99.0 Å². The van der Waals surface area contributed by atoms with Crippen molar-refractivity contribution in [3.8, 4) is 0 Å². The second-order valence-corrected chi connectivity index (χ2v) is 7.13. The summed E-state index contributed by atoms with van der Waals surface area (Å²) in [6.45, 7) is 3.72. The monoisotopic (exact) mass is 358 g/mol. The van der Waals surface area contributed by atoms with Crippen LogP contribution in [-0.2, 0) is 20.5 Å². The number of nitrogens with one attached hydrogen (secondary N) is 1. The summed E-state index contributed by atoms with van der Waals surface area (Å²) < 4.78 is 92.9. The summed E-state index contributed by atoms with van der Waals surface area (Å²) >= 11 is 0. The van der Waals surface area contributed by atoms with Crippen molar-refractivity contribution in [3.63, 3.8) is 0 Å². The van der Waals surface area contributed by atoms with Crippen LogP contribution >= 0.6 is 0 Å². The van der Waals surface area contributed by atoms with Crippen molar-refractivity contribution in [1.82, 2.24) is 4.90 Å². The number of nitrogens with zero attached hydrogens (tertiary/aromatic N) is 1. The van der Waals surface area contributed by atoms with E-state index in [1.807, 2.05) is 13.8 Å². The first-order valence-electron chi connectivity index (χ1n) is 5.33. The van der Waals surface area contributed by atoms with Gasteiger partial charge in [0.25, 0.3) is 0 Å². The Morgan fingerprint density at radius 2 is 1.62 bits per heavy atom. The van der Waals surface area contributed by atoms with Gasteiger partial charge in [-0.15, -0.1) is 8.42 Å². The Bertz CT molecular complexity index is 584. The lowest BCUT2D eigenvalue weighted by molar-refractivity contribution is -0.753. The summed E-state index contributed by atoms with van der Waals surface area (Å²) in [7, 11) is -8.90. The molecule has 0 aliphatic carbocycles. The average Bonchev–Trinajstić information content (AvgIpc) is 2.57. The summed E-state index contributed by atoms with van der Waals surface area (Å²) in [4.78, 5) is 1.71. The van der Waals surface area contributed by atoms with Gasteiger partial charge in [0.1, 0.15) is 6.20 Å². The first-order chi connectivity index (χ1) is 9.09. The fraction of sp³-hybridized carbons (Fsp3) is 0.750. The molecule has 1 aliphatic rings. The number of hydrogen-bond donors (Lipinski definition) is 1. The van der Waals surface area contributed by atoms with Crippen molar-refractivity contribution in [2.24, 2.45) is 5.92 Å². The first kappa shape index (κ1) is 20.1. The molecule has 0 fully saturated rings. The zero-order chi connectivity index (χ0) is 17.2. The van der Waals surface area contributed by atoms with Crippen LogP contribution in [0.2, 0.25) is 0 Å². The predicted molar refractivity (Wildman–Crippen MR) is 62.3 cm³/mol. The van der Waals surface area contributed by atoms with Crippen LogP contribution < -0.4 is 4.31 Å². The molecule has 0 aromatic carbocycles. The fourth-order valence-electron chi connectivity index (χ4n) is 1.61. The van der Waals surface area contributed by atoms with Gasteiger partial charge in [-0.1, -0.05) is 17.7 Å². The Morgan fingerprint density at radius 3 is 1.81 bits per heavy atom. The van der Waals surface area contributed by atoms with Crippen LogP contribution in [-0.4, -0.2) is 45.0 Å². The van der Waals surface area contributed by atoms with E-state index in [2.05, 4.69) is 0 Å². The average molecular weight is 358 g/mol. The van der Waals surface area contributed by atoms with Crippen LogP contribution in [0, 0.1) is 5.92 Å². The molecular weight excluding hydrogens is 344 g/mol. The quantitative estimate of drug-likeness (QED) is 0.310. The molecule has 0 bridgehead atoms. The van der Waals surface area contributed by atoms with E-state index in [0.717, 1.165) is 0 Å². The molecule has 1 N–H and O–H groups in total. The third kappa shape index (κ3) is 5.76. The largest absolute Gasteiger partial charge is 0.741 e. The van der Waals surface area contributed by atoms with Crippen LogP contribution in [0.3, 0.4) is 0 Å². The minimum atomic E-state index is -6.09. The van der Waals surface area contributed by atoms with Crippen LogP contribution in [0.15, 0.2) is 12.4 Å². The third-order valence-corrected chi connectivity index (χ3v) is 3.91. The maximum atomic E-state index is 12.7. The molecule has 0 aromatic heterocycles. The lowest BCUT2D eigenvalue weighted by atomic mass is 10.1. The predicted octanol–water partition coefficient (Wildman–Crippen LogP) is -0.464. The highest BCUT2D eigenvalue weighted by molar-refractivity contribution is 7.86. The standard InChI is InChI=1S/C7H13FN2O2S.CHF3O3S/c1-6(2)7-9(3)4-5-10(7)13(8,11)12;2-1(3,4)8(5,6)7/h4-7H,1-3H3;(H,5,6,7). The highest BCUT2D eigenvalue weighted by Crippen LogP contribution is 2.20. The number of halogens is 4. The molecule has 2 atom stereocenters. The van der Waals surface area contributed by atoms with Crippen molar-refractivity contribution < 1.29 is 42.8 Å². The molecule has 0 saturated carbocycles. The Hall–Kier alpha value is -0.920. The van der Waals surface area contributed by atoms with Crippen LogP contribution in [0.4, 0.5) is 17.1 Å². The second kappa shape index (κ2) is 6.46. The number of hydrogen-bond acceptors (Lipinski definition) is 6. The van der Waals surface area contributed by atoms with Gasteiger partial charge in [0.15, 0.2) is 16.3 Å². The summed E-state index contributed by atoms with van der Waals surface area (Å²) in [5, 5.41) is 0. The molecule has 1 heterocycles. The minimum Gasteiger partial charge on any atom is -0.741 e. The van der Waals surface area contributed by atoms with E-state index in [1.54, 1.807) is 18.1 Å². The van der Waals surface area contributed by atoms with E-state index in [1.165, 1.54) is 6.20 Å². The highest BCUT2D eigenvalue weighted by Gasteiger charge is 2.40. The zero-order valence-electron chi connectivity index (χ0n) is 11.1. The van der Waals surface area contributed by atoms with Gasteiger partial charge in [0.2, 0.25) is 0 Å². The van der Waals surface area contributed by atoms with E-state index < -0.39 is 26.0 Å². The van der Waals surface area contributed by atoms with Crippen LogP contribution in [0.25, 0.3) is 0 Å². The molecule has 1 rings (SSSR count). The maximum Gasteiger partial charge on any atom is 0.485 e. The molecule has 2 unspecified atom stereocenters. The van der Waals surface area contributed by atoms with Crippen LogP contribution in [0.5, 0.6) is 0 Å². The second-order valence-electron chi connectivity index (χ2n) is 4.41. The molecule has 1 aliphatic heterocycles. The van der Waals surface area contributed by atoms with Crippen molar-refractivity contribution in [2.75, 3.05) is 7.05 Å². The van der Waals surface area contributed by atoms with Gasteiger partial charge < -0.3 is 9.45 Å². The van der Waals surface area contributed by atoms with E-state index in [-0.39, 0.29) is 16.4 Å². The summed E-state index contributed by atoms with van der Waals surface area (Å²) in [6.07, 6.45) is 2.53. The molecule has 13 heteroatoms. The highest BCUT2D eigenvalue weighted by atomic mass is 32.3. The summed E-state index contributed by atoms with van der Waals surface area (Å²) in [5.41, 5.74) is -5.65. The molecule has 0 aromatic rings. The summed E-state index contributed by atoms with van der Waals surface area (Å²) in [5.74, 6) is 0.0699. The Kier molecular flexibility index (Phi) is 6.17. The van der Waals surface area contributed by atoms with Gasteiger partial charge in [-0.2, -0.15) is 17.5 Å². The van der Waals surface area contributed by atoms with E-state index in [0.29, 0.717) is 0 Å². The number of quaternary nitrogens is 1. The lowest BCUT2D eigenvalue weighted by Crippen LogP contribution is -3.13. The van der Waals surface area contributed by atoms with Crippen molar-refractivity contribution >= 4 is 20.5 Å². The fourth-order valence-corrected chi connectivity index (χ4v) is 2.56. The van der Waals surface area contributed by atoms with Gasteiger partial charge in [-0.25, -0.2) is 8.42 Å². The van der Waals surface area contributed by atoms with Gasteiger partial charge >= 0.3 is 15.9 Å². The minimum absolute atomic E-state index is 0.0699. The lowest BCUT2D eigenvalue weighted by Gasteiger charge is -2.25. The van der Waals surface area contributed by atoms with Crippen molar-refractivity contribution in [3.05, 3.63) is 12.4 Å². The van der Waals surface area contributed by atoms with E-state index >= 15 is 0 Å². The zero-order valence-corrected chi connectivity index (χ0v) is 12.8. The maximum absolute atomic E-state index is 12.7. The molecule has 0 saturated heterocycles. The molecule has 21 heavy (non-hydrogen) atoms. The molecule has 0 spiro atoms. The molecular formula is C8H14F4N2O5S2. The SMILES string of the molecule is CC(C)C1N(C)C=C[NH+]1S(=O)(=O)F.O=S(=O)([O-])C(F)(F)F. The Morgan fingerprint density at radius 1 is 1.24 bits per heavy atom. The van der Waals surface area contributed by atoms with Gasteiger partial charge in [0, 0.05) is 13.0 Å². The third-order valence-electron chi connectivity index (χ3n) is 2.40. The van der Waals surface area contributed by atoms with Gasteiger partial charge in [-0.3, -0.25) is 0 Å². The number of rotatable bonds is 2. The Balaban J connectivity index is 0.000000433.